The van der Waals surface area contributed by atoms with Crippen molar-refractivity contribution in [3.05, 3.63) is 62.4 Å². The topological polar surface area (TPSA) is 64.4 Å². The zero-order valence-corrected chi connectivity index (χ0v) is 12.7. The first-order chi connectivity index (χ1) is 10.0. The fourth-order valence-corrected chi connectivity index (χ4v) is 2.12. The lowest BCUT2D eigenvalue weighted by Crippen LogP contribution is -2.01. The lowest BCUT2D eigenvalue weighted by molar-refractivity contribution is -0.384. The van der Waals surface area contributed by atoms with Gasteiger partial charge in [0, 0.05) is 17.6 Å². The number of rotatable bonds is 5. The minimum atomic E-state index is -0.472. The van der Waals surface area contributed by atoms with Gasteiger partial charge < -0.3 is 10.1 Å². The Morgan fingerprint density at radius 1 is 1.33 bits per heavy atom. The van der Waals surface area contributed by atoms with Crippen LogP contribution in [-0.2, 0) is 6.61 Å². The largest absolute Gasteiger partial charge is 0.486 e. The number of nitro benzene ring substituents is 1. The summed E-state index contributed by atoms with van der Waals surface area (Å²) in [5.74, 6) is -0.345. The molecular weight excluding hydrogens is 343 g/mol. The summed E-state index contributed by atoms with van der Waals surface area (Å²) in [6.45, 7) is 0.116. The molecule has 2 aromatic rings. The predicted octanol–water partition coefficient (Wildman–Crippen LogP) is 4.12. The second kappa shape index (κ2) is 6.53. The SMILES string of the molecule is CNc1cc(COc2ccc(Br)cc2F)ccc1[N+](=O)[O-]. The average Bonchev–Trinajstić information content (AvgIpc) is 2.45. The maximum absolute atomic E-state index is 13.6. The number of ether oxygens (including phenoxy) is 1. The van der Waals surface area contributed by atoms with Crippen LogP contribution in [0, 0.1) is 15.9 Å². The third-order valence-corrected chi connectivity index (χ3v) is 3.31. The van der Waals surface area contributed by atoms with Crippen LogP contribution in [0.15, 0.2) is 40.9 Å². The molecule has 110 valence electrons. The highest BCUT2D eigenvalue weighted by Gasteiger charge is 2.13. The van der Waals surface area contributed by atoms with Gasteiger partial charge in [-0.1, -0.05) is 15.9 Å². The molecule has 0 saturated heterocycles. The van der Waals surface area contributed by atoms with E-state index < -0.39 is 10.7 Å². The van der Waals surface area contributed by atoms with Crippen LogP contribution < -0.4 is 10.1 Å². The lowest BCUT2D eigenvalue weighted by Gasteiger charge is -2.09. The molecule has 7 heteroatoms. The highest BCUT2D eigenvalue weighted by Crippen LogP contribution is 2.26. The van der Waals surface area contributed by atoms with Crippen molar-refractivity contribution < 1.29 is 14.1 Å². The molecule has 21 heavy (non-hydrogen) atoms. The molecule has 0 amide bonds. The maximum atomic E-state index is 13.6. The number of benzene rings is 2. The van der Waals surface area contributed by atoms with Crippen molar-refractivity contribution in [2.45, 2.75) is 6.61 Å². The molecule has 0 atom stereocenters. The van der Waals surface area contributed by atoms with Crippen molar-refractivity contribution in [1.82, 2.24) is 0 Å². The maximum Gasteiger partial charge on any atom is 0.292 e. The van der Waals surface area contributed by atoms with E-state index in [0.717, 1.165) is 0 Å². The summed E-state index contributed by atoms with van der Waals surface area (Å²) in [6, 6.07) is 9.08. The molecule has 0 saturated carbocycles. The van der Waals surface area contributed by atoms with Crippen molar-refractivity contribution >= 4 is 27.3 Å². The van der Waals surface area contributed by atoms with Crippen LogP contribution in [-0.4, -0.2) is 12.0 Å². The summed E-state index contributed by atoms with van der Waals surface area (Å²) in [4.78, 5) is 10.4. The number of hydrogen-bond acceptors (Lipinski definition) is 4. The first-order valence-electron chi connectivity index (χ1n) is 6.04. The molecule has 1 N–H and O–H groups in total. The van der Waals surface area contributed by atoms with Gasteiger partial charge in [-0.25, -0.2) is 4.39 Å². The van der Waals surface area contributed by atoms with Gasteiger partial charge in [-0.2, -0.15) is 0 Å². The van der Waals surface area contributed by atoms with E-state index in [4.69, 9.17) is 4.74 Å². The molecule has 0 aliphatic carbocycles. The molecule has 0 radical (unpaired) electrons. The Balaban J connectivity index is 2.15. The molecule has 5 nitrogen and oxygen atoms in total. The lowest BCUT2D eigenvalue weighted by atomic mass is 10.2. The minimum absolute atomic E-state index is 0.0175. The molecule has 2 rings (SSSR count). The van der Waals surface area contributed by atoms with Crippen molar-refractivity contribution in [3.8, 4) is 5.75 Å². The van der Waals surface area contributed by atoms with Gasteiger partial charge in [-0.05, 0) is 35.9 Å². The third-order valence-electron chi connectivity index (χ3n) is 2.82. The summed E-state index contributed by atoms with van der Waals surface area (Å²) >= 11 is 3.17. The van der Waals surface area contributed by atoms with E-state index in [9.17, 15) is 14.5 Å². The molecule has 0 aromatic heterocycles. The van der Waals surface area contributed by atoms with E-state index in [1.54, 1.807) is 25.2 Å². The molecule has 0 spiro atoms. The molecule has 2 aromatic carbocycles. The molecule has 0 aliphatic heterocycles. The van der Waals surface area contributed by atoms with E-state index in [1.807, 2.05) is 0 Å². The van der Waals surface area contributed by atoms with Gasteiger partial charge >= 0.3 is 0 Å². The summed E-state index contributed by atoms with van der Waals surface area (Å²) in [5, 5.41) is 13.6. The normalized spacial score (nSPS) is 10.2. The average molecular weight is 355 g/mol. The van der Waals surface area contributed by atoms with E-state index in [-0.39, 0.29) is 18.0 Å². The van der Waals surface area contributed by atoms with Crippen molar-refractivity contribution in [2.24, 2.45) is 0 Å². The smallest absolute Gasteiger partial charge is 0.292 e. The highest BCUT2D eigenvalue weighted by molar-refractivity contribution is 9.10. The van der Waals surface area contributed by atoms with E-state index in [0.29, 0.717) is 15.7 Å². The van der Waals surface area contributed by atoms with Gasteiger partial charge in [-0.15, -0.1) is 0 Å². The van der Waals surface area contributed by atoms with E-state index in [2.05, 4.69) is 21.2 Å². The van der Waals surface area contributed by atoms with Gasteiger partial charge in [0.1, 0.15) is 12.3 Å². The van der Waals surface area contributed by atoms with Gasteiger partial charge in [0.05, 0.1) is 4.92 Å². The van der Waals surface area contributed by atoms with Crippen LogP contribution in [0.4, 0.5) is 15.8 Å². The van der Waals surface area contributed by atoms with Crippen molar-refractivity contribution in [3.63, 3.8) is 0 Å². The summed E-state index contributed by atoms with van der Waals surface area (Å²) in [6.07, 6.45) is 0. The Hall–Kier alpha value is -2.15. The van der Waals surface area contributed by atoms with Gasteiger partial charge in [-0.3, -0.25) is 10.1 Å². The van der Waals surface area contributed by atoms with E-state index in [1.165, 1.54) is 18.2 Å². The molecule has 0 fully saturated rings. The molecular formula is C14H12BrFN2O3. The second-order valence-electron chi connectivity index (χ2n) is 4.22. The zero-order chi connectivity index (χ0) is 15.4. The molecule has 0 bridgehead atoms. The van der Waals surface area contributed by atoms with Gasteiger partial charge in [0.2, 0.25) is 0 Å². The number of nitrogens with one attached hydrogen (secondary N) is 1. The number of halogens is 2. The Morgan fingerprint density at radius 3 is 2.71 bits per heavy atom. The standard InChI is InChI=1S/C14H12BrFN2O3/c1-17-12-6-9(2-4-13(12)18(19)20)8-21-14-5-3-10(15)7-11(14)16/h2-7,17H,8H2,1H3. The van der Waals surface area contributed by atoms with Crippen LogP contribution in [0.3, 0.4) is 0 Å². The number of hydrogen-bond donors (Lipinski definition) is 1. The van der Waals surface area contributed by atoms with Crippen molar-refractivity contribution in [1.29, 1.82) is 0 Å². The summed E-state index contributed by atoms with van der Waals surface area (Å²) < 4.78 is 19.6. The fourth-order valence-electron chi connectivity index (χ4n) is 1.79. The Labute approximate surface area is 129 Å². The first-order valence-corrected chi connectivity index (χ1v) is 6.83. The minimum Gasteiger partial charge on any atom is -0.486 e. The molecule has 0 aliphatic rings. The van der Waals surface area contributed by atoms with Gasteiger partial charge in [0.15, 0.2) is 11.6 Å². The van der Waals surface area contributed by atoms with Crippen molar-refractivity contribution in [2.75, 3.05) is 12.4 Å². The van der Waals surface area contributed by atoms with Crippen LogP contribution in [0.2, 0.25) is 0 Å². The summed E-state index contributed by atoms with van der Waals surface area (Å²) in [7, 11) is 1.60. The quantitative estimate of drug-likeness (QED) is 0.647. The summed E-state index contributed by atoms with van der Waals surface area (Å²) in [5.41, 5.74) is 1.07. The van der Waals surface area contributed by atoms with Crippen LogP contribution in [0.25, 0.3) is 0 Å². The van der Waals surface area contributed by atoms with Crippen LogP contribution in [0.1, 0.15) is 5.56 Å². The Morgan fingerprint density at radius 2 is 2.10 bits per heavy atom. The van der Waals surface area contributed by atoms with Gasteiger partial charge in [0.25, 0.3) is 5.69 Å². The second-order valence-corrected chi connectivity index (χ2v) is 5.14. The fraction of sp³-hybridized carbons (Fsp3) is 0.143. The predicted molar refractivity (Wildman–Crippen MR) is 81.1 cm³/mol. The Bertz CT molecular complexity index is 679. The number of anilines is 1. The highest BCUT2D eigenvalue weighted by atomic mass is 79.9. The van der Waals surface area contributed by atoms with E-state index >= 15 is 0 Å². The molecule has 0 heterocycles. The first kappa shape index (κ1) is 15.2. The number of nitro groups is 1. The number of nitrogens with zero attached hydrogens (tertiary/aromatic N) is 1. The monoisotopic (exact) mass is 354 g/mol. The zero-order valence-electron chi connectivity index (χ0n) is 11.1. The van der Waals surface area contributed by atoms with Crippen LogP contribution in [0.5, 0.6) is 5.75 Å². The van der Waals surface area contributed by atoms with Crippen LogP contribution >= 0.6 is 15.9 Å². The Kier molecular flexibility index (Phi) is 4.74. The molecule has 0 unspecified atom stereocenters. The third kappa shape index (κ3) is 3.69.